The Hall–Kier alpha value is -2.33. The number of nitrogens with one attached hydrogen (secondary N) is 1. The molecule has 198 valence electrons. The Morgan fingerprint density at radius 3 is 2.56 bits per heavy atom. The number of ether oxygens (including phenoxy) is 1. The van der Waals surface area contributed by atoms with Gasteiger partial charge in [0.2, 0.25) is 23.6 Å². The van der Waals surface area contributed by atoms with Gasteiger partial charge in [0.15, 0.2) is 0 Å². The van der Waals surface area contributed by atoms with E-state index in [9.17, 15) is 18.4 Å². The SMILES string of the molecule is COc1cccc(CN2CCC3(CC2)CC(=O)N2C[C@@H](N(C)C4CCC(F)(F)CC4)C[C@H]2C(=O)N3)n1. The van der Waals surface area contributed by atoms with Gasteiger partial charge in [-0.2, -0.15) is 0 Å². The summed E-state index contributed by atoms with van der Waals surface area (Å²) in [4.78, 5) is 37.4. The highest BCUT2D eigenvalue weighted by Gasteiger charge is 2.50. The summed E-state index contributed by atoms with van der Waals surface area (Å²) in [7, 11) is 3.56. The summed E-state index contributed by atoms with van der Waals surface area (Å²) in [5.41, 5.74) is 0.427. The molecule has 4 heterocycles. The lowest BCUT2D eigenvalue weighted by Crippen LogP contribution is -2.56. The molecule has 1 aromatic rings. The molecule has 5 rings (SSSR count). The topological polar surface area (TPSA) is 78.0 Å². The largest absolute Gasteiger partial charge is 0.481 e. The Balaban J connectivity index is 1.18. The van der Waals surface area contributed by atoms with Crippen molar-refractivity contribution in [3.8, 4) is 5.88 Å². The molecular weight excluding hydrogens is 468 g/mol. The normalized spacial score (nSPS) is 28.8. The number of methoxy groups -OCH3 is 1. The number of piperidine rings is 1. The van der Waals surface area contributed by atoms with Crippen LogP contribution < -0.4 is 10.1 Å². The van der Waals surface area contributed by atoms with Crippen LogP contribution in [0.25, 0.3) is 0 Å². The second kappa shape index (κ2) is 9.85. The molecular formula is C26H37F2N5O3. The van der Waals surface area contributed by atoms with Crippen LogP contribution in [0.5, 0.6) is 5.88 Å². The number of hydrogen-bond donors (Lipinski definition) is 1. The molecule has 2 amide bonds. The molecule has 0 bridgehead atoms. The molecule has 2 atom stereocenters. The summed E-state index contributed by atoms with van der Waals surface area (Å²) in [6.07, 6.45) is 3.04. The number of nitrogens with zero attached hydrogens (tertiary/aromatic N) is 4. The molecule has 8 nitrogen and oxygen atoms in total. The first kappa shape index (κ1) is 25.3. The van der Waals surface area contributed by atoms with Crippen LogP contribution >= 0.6 is 0 Å². The summed E-state index contributed by atoms with van der Waals surface area (Å²) in [6.45, 7) is 2.73. The van der Waals surface area contributed by atoms with Crippen LogP contribution in [0.15, 0.2) is 18.2 Å². The van der Waals surface area contributed by atoms with Gasteiger partial charge < -0.3 is 15.0 Å². The lowest BCUT2D eigenvalue weighted by Gasteiger charge is -2.41. The molecule has 4 aliphatic rings. The monoisotopic (exact) mass is 505 g/mol. The van der Waals surface area contributed by atoms with Crippen LogP contribution in [0.1, 0.15) is 57.1 Å². The van der Waals surface area contributed by atoms with E-state index in [4.69, 9.17) is 4.74 Å². The number of likely N-dealkylation sites (tertiary alicyclic amines) is 1. The molecule has 1 spiro atoms. The van der Waals surface area contributed by atoms with E-state index in [2.05, 4.69) is 20.1 Å². The minimum Gasteiger partial charge on any atom is -0.481 e. The van der Waals surface area contributed by atoms with E-state index in [-0.39, 0.29) is 36.7 Å². The third-order valence-corrected chi connectivity index (χ3v) is 8.81. The van der Waals surface area contributed by atoms with Gasteiger partial charge in [0.1, 0.15) is 6.04 Å². The maximum atomic E-state index is 13.6. The minimum absolute atomic E-state index is 0.0207. The van der Waals surface area contributed by atoms with Crippen molar-refractivity contribution in [1.29, 1.82) is 0 Å². The zero-order chi connectivity index (χ0) is 25.5. The van der Waals surface area contributed by atoms with Crippen LogP contribution in [-0.4, -0.2) is 94.9 Å². The first-order valence-electron chi connectivity index (χ1n) is 13.1. The molecule has 1 aliphatic carbocycles. The van der Waals surface area contributed by atoms with Crippen LogP contribution in [0, 0.1) is 0 Å². The fourth-order valence-electron chi connectivity index (χ4n) is 6.47. The number of carbonyl (C=O) groups is 2. The quantitative estimate of drug-likeness (QED) is 0.663. The smallest absolute Gasteiger partial charge is 0.248 e. The third kappa shape index (κ3) is 5.20. The second-order valence-corrected chi connectivity index (χ2v) is 11.1. The Labute approximate surface area is 211 Å². The van der Waals surface area contributed by atoms with Gasteiger partial charge in [-0.1, -0.05) is 6.07 Å². The van der Waals surface area contributed by atoms with E-state index in [1.165, 1.54) is 0 Å². The van der Waals surface area contributed by atoms with Crippen molar-refractivity contribution in [3.05, 3.63) is 23.9 Å². The predicted molar refractivity (Wildman–Crippen MR) is 130 cm³/mol. The van der Waals surface area contributed by atoms with Crippen LogP contribution in [0.3, 0.4) is 0 Å². The third-order valence-electron chi connectivity index (χ3n) is 8.81. The maximum Gasteiger partial charge on any atom is 0.248 e. The van der Waals surface area contributed by atoms with Crippen molar-refractivity contribution < 1.29 is 23.1 Å². The van der Waals surface area contributed by atoms with Crippen molar-refractivity contribution in [3.63, 3.8) is 0 Å². The molecule has 10 heteroatoms. The maximum absolute atomic E-state index is 13.6. The molecule has 1 N–H and O–H groups in total. The number of alkyl halides is 2. The highest BCUT2D eigenvalue weighted by molar-refractivity contribution is 5.92. The summed E-state index contributed by atoms with van der Waals surface area (Å²) < 4.78 is 32.4. The van der Waals surface area contributed by atoms with Crippen molar-refractivity contribution in [1.82, 2.24) is 25.0 Å². The highest BCUT2D eigenvalue weighted by atomic mass is 19.3. The minimum atomic E-state index is -2.56. The number of fused-ring (bicyclic) bond motifs is 1. The number of pyridine rings is 1. The Morgan fingerprint density at radius 1 is 1.14 bits per heavy atom. The van der Waals surface area contributed by atoms with E-state index < -0.39 is 17.5 Å². The van der Waals surface area contributed by atoms with Gasteiger partial charge in [0, 0.05) is 57.2 Å². The highest BCUT2D eigenvalue weighted by Crippen LogP contribution is 2.38. The van der Waals surface area contributed by atoms with Crippen molar-refractivity contribution in [2.45, 2.75) is 87.5 Å². The first-order valence-corrected chi connectivity index (χ1v) is 13.1. The number of aromatic nitrogens is 1. The van der Waals surface area contributed by atoms with Crippen molar-refractivity contribution >= 4 is 11.8 Å². The van der Waals surface area contributed by atoms with Gasteiger partial charge in [0.25, 0.3) is 0 Å². The summed E-state index contributed by atoms with van der Waals surface area (Å²) in [5.74, 6) is -2.03. The van der Waals surface area contributed by atoms with Crippen LogP contribution in [-0.2, 0) is 16.1 Å². The van der Waals surface area contributed by atoms with Gasteiger partial charge in [0.05, 0.1) is 24.8 Å². The molecule has 4 fully saturated rings. The molecule has 36 heavy (non-hydrogen) atoms. The van der Waals surface area contributed by atoms with E-state index in [1.54, 1.807) is 12.0 Å². The molecule has 0 aromatic carbocycles. The molecule has 1 aromatic heterocycles. The fourth-order valence-corrected chi connectivity index (χ4v) is 6.47. The van der Waals surface area contributed by atoms with Gasteiger partial charge in [-0.25, -0.2) is 13.8 Å². The van der Waals surface area contributed by atoms with E-state index in [1.807, 2.05) is 25.2 Å². The fraction of sp³-hybridized carbons (Fsp3) is 0.731. The summed E-state index contributed by atoms with van der Waals surface area (Å²) >= 11 is 0. The Kier molecular flexibility index (Phi) is 6.93. The molecule has 0 radical (unpaired) electrons. The molecule has 3 aliphatic heterocycles. The van der Waals surface area contributed by atoms with Gasteiger partial charge in [-0.3, -0.25) is 19.4 Å². The molecule has 3 saturated heterocycles. The lowest BCUT2D eigenvalue weighted by molar-refractivity contribution is -0.135. The van der Waals surface area contributed by atoms with E-state index in [0.29, 0.717) is 57.5 Å². The van der Waals surface area contributed by atoms with Crippen molar-refractivity contribution in [2.75, 3.05) is 33.8 Å². The average molecular weight is 506 g/mol. The number of carbonyl (C=O) groups excluding carboxylic acids is 2. The lowest BCUT2D eigenvalue weighted by atomic mass is 9.84. The first-order chi connectivity index (χ1) is 17.2. The standard InChI is InChI=1S/C26H37F2N5O3/c1-31(19-6-8-26(27,28)9-7-19)20-14-21-24(35)30-25(15-23(34)33(21)17-20)10-12-32(13-11-25)16-18-4-3-5-22(29-18)36-2/h3-5,19-21H,6-17H2,1-2H3,(H,30,35)/t20-,21-/m0/s1. The molecule has 0 unspecified atom stereocenters. The predicted octanol–water partition coefficient (Wildman–Crippen LogP) is 2.42. The second-order valence-electron chi connectivity index (χ2n) is 11.1. The zero-order valence-electron chi connectivity index (χ0n) is 21.2. The number of rotatable bonds is 5. The summed E-state index contributed by atoms with van der Waals surface area (Å²) in [6, 6.07) is 5.35. The van der Waals surface area contributed by atoms with E-state index in [0.717, 1.165) is 18.8 Å². The summed E-state index contributed by atoms with van der Waals surface area (Å²) in [5, 5.41) is 3.27. The molecule has 1 saturated carbocycles. The Morgan fingerprint density at radius 2 is 1.86 bits per heavy atom. The van der Waals surface area contributed by atoms with Crippen molar-refractivity contribution in [2.24, 2.45) is 0 Å². The van der Waals surface area contributed by atoms with Gasteiger partial charge >= 0.3 is 0 Å². The van der Waals surface area contributed by atoms with Crippen LogP contribution in [0.4, 0.5) is 8.78 Å². The van der Waals surface area contributed by atoms with Gasteiger partial charge in [-0.15, -0.1) is 0 Å². The zero-order valence-corrected chi connectivity index (χ0v) is 21.2. The number of likely N-dealkylation sites (N-methyl/N-ethyl adjacent to an activating group) is 1. The Bertz CT molecular complexity index is 946. The van der Waals surface area contributed by atoms with Crippen LogP contribution in [0.2, 0.25) is 0 Å². The average Bonchev–Trinajstić information content (AvgIpc) is 3.28. The number of hydrogen-bond acceptors (Lipinski definition) is 6. The number of amides is 2. The van der Waals surface area contributed by atoms with E-state index >= 15 is 0 Å². The number of halogens is 2. The van der Waals surface area contributed by atoms with Gasteiger partial charge in [-0.05, 0) is 45.2 Å².